The minimum atomic E-state index is 0.0963. The first-order valence-electron chi connectivity index (χ1n) is 4.59. The molecule has 14 heavy (non-hydrogen) atoms. The molecule has 0 radical (unpaired) electrons. The lowest BCUT2D eigenvalue weighted by Gasteiger charge is -2.02. The molecular formula is C11H12OS2. The van der Waals surface area contributed by atoms with Crippen molar-refractivity contribution < 1.29 is 5.11 Å². The summed E-state index contributed by atoms with van der Waals surface area (Å²) in [5.74, 6) is 0. The summed E-state index contributed by atoms with van der Waals surface area (Å²) in [7, 11) is 0. The Kier molecular flexibility index (Phi) is 2.81. The molecule has 0 spiro atoms. The van der Waals surface area contributed by atoms with E-state index < -0.39 is 0 Å². The van der Waals surface area contributed by atoms with E-state index in [1.54, 1.807) is 11.3 Å². The topological polar surface area (TPSA) is 20.2 Å². The number of aliphatic hydroxyl groups excluding tert-OH is 1. The largest absolute Gasteiger partial charge is 0.392 e. The van der Waals surface area contributed by atoms with Gasteiger partial charge < -0.3 is 5.11 Å². The van der Waals surface area contributed by atoms with E-state index in [0.29, 0.717) is 0 Å². The fourth-order valence-electron chi connectivity index (χ4n) is 1.59. The Morgan fingerprint density at radius 1 is 1.43 bits per heavy atom. The molecule has 1 heterocycles. The van der Waals surface area contributed by atoms with Gasteiger partial charge in [0.2, 0.25) is 0 Å². The smallest absolute Gasteiger partial charge is 0.0696 e. The first-order valence-corrected chi connectivity index (χ1v) is 5.91. The summed E-state index contributed by atoms with van der Waals surface area (Å²) in [5.41, 5.74) is 2.28. The summed E-state index contributed by atoms with van der Waals surface area (Å²) >= 11 is 6.13. The van der Waals surface area contributed by atoms with Gasteiger partial charge in [0, 0.05) is 15.0 Å². The summed E-state index contributed by atoms with van der Waals surface area (Å²) in [4.78, 5) is 0.977. The van der Waals surface area contributed by atoms with Crippen LogP contribution in [0.3, 0.4) is 0 Å². The maximum Gasteiger partial charge on any atom is 0.0696 e. The van der Waals surface area contributed by atoms with Crippen LogP contribution in [-0.2, 0) is 13.0 Å². The molecule has 74 valence electrons. The van der Waals surface area contributed by atoms with Gasteiger partial charge in [0.25, 0.3) is 0 Å². The fourth-order valence-corrected chi connectivity index (χ4v) is 3.13. The quantitative estimate of drug-likeness (QED) is 0.750. The van der Waals surface area contributed by atoms with Gasteiger partial charge in [-0.25, -0.2) is 0 Å². The van der Waals surface area contributed by atoms with E-state index in [1.165, 1.54) is 10.3 Å². The van der Waals surface area contributed by atoms with E-state index in [0.717, 1.165) is 22.3 Å². The summed E-state index contributed by atoms with van der Waals surface area (Å²) in [6.07, 6.45) is 1.02. The van der Waals surface area contributed by atoms with Gasteiger partial charge in [0.15, 0.2) is 0 Å². The Balaban J connectivity index is 2.72. The number of thiol groups is 1. The molecule has 3 heteroatoms. The summed E-state index contributed by atoms with van der Waals surface area (Å²) in [6, 6.07) is 4.26. The number of fused-ring (bicyclic) bond motifs is 1. The molecule has 0 aliphatic carbocycles. The molecule has 1 aromatic heterocycles. The third-order valence-corrected chi connectivity index (χ3v) is 3.70. The van der Waals surface area contributed by atoms with Gasteiger partial charge >= 0.3 is 0 Å². The lowest BCUT2D eigenvalue weighted by molar-refractivity contribution is 0.283. The SMILES string of the molecule is CCc1cc(S)c2c(CO)csc2c1. The Hall–Kier alpha value is -0.510. The lowest BCUT2D eigenvalue weighted by Crippen LogP contribution is -1.84. The highest BCUT2D eigenvalue weighted by Crippen LogP contribution is 2.32. The zero-order chi connectivity index (χ0) is 10.1. The van der Waals surface area contributed by atoms with Gasteiger partial charge in [-0.2, -0.15) is 0 Å². The molecule has 0 fully saturated rings. The maximum atomic E-state index is 9.15. The molecule has 2 aromatic rings. The standard InChI is InChI=1S/C11H12OS2/c1-2-7-3-9(13)11-8(5-12)6-14-10(11)4-7/h3-4,6,12-13H,2,5H2,1H3. The molecule has 1 N–H and O–H groups in total. The first kappa shape index (κ1) is 10.0. The molecule has 0 saturated carbocycles. The van der Waals surface area contributed by atoms with Crippen molar-refractivity contribution in [3.63, 3.8) is 0 Å². The van der Waals surface area contributed by atoms with Gasteiger partial charge in [-0.3, -0.25) is 0 Å². The predicted molar refractivity (Wildman–Crippen MR) is 64.4 cm³/mol. The van der Waals surface area contributed by atoms with E-state index in [1.807, 2.05) is 5.38 Å². The van der Waals surface area contributed by atoms with Crippen molar-refractivity contribution in [1.82, 2.24) is 0 Å². The van der Waals surface area contributed by atoms with Crippen molar-refractivity contribution in [3.8, 4) is 0 Å². The van der Waals surface area contributed by atoms with E-state index >= 15 is 0 Å². The second-order valence-corrected chi connectivity index (χ2v) is 4.65. The van der Waals surface area contributed by atoms with Gasteiger partial charge in [-0.05, 0) is 35.1 Å². The van der Waals surface area contributed by atoms with Crippen molar-refractivity contribution >= 4 is 34.1 Å². The fraction of sp³-hybridized carbons (Fsp3) is 0.273. The number of thiophene rings is 1. The van der Waals surface area contributed by atoms with Crippen LogP contribution in [0.1, 0.15) is 18.1 Å². The number of hydrogen-bond acceptors (Lipinski definition) is 3. The number of aryl methyl sites for hydroxylation is 1. The van der Waals surface area contributed by atoms with Gasteiger partial charge in [0.1, 0.15) is 0 Å². The second-order valence-electron chi connectivity index (χ2n) is 3.26. The van der Waals surface area contributed by atoms with Crippen LogP contribution in [0, 0.1) is 0 Å². The highest BCUT2D eigenvalue weighted by molar-refractivity contribution is 7.80. The lowest BCUT2D eigenvalue weighted by atomic mass is 10.1. The van der Waals surface area contributed by atoms with Crippen LogP contribution < -0.4 is 0 Å². The third kappa shape index (κ3) is 1.56. The average molecular weight is 224 g/mol. The van der Waals surface area contributed by atoms with Crippen molar-refractivity contribution in [1.29, 1.82) is 0 Å². The summed E-state index contributed by atoms with van der Waals surface area (Å²) in [5, 5.41) is 12.3. The molecular weight excluding hydrogens is 212 g/mol. The Morgan fingerprint density at radius 2 is 2.21 bits per heavy atom. The first-order chi connectivity index (χ1) is 6.76. The minimum Gasteiger partial charge on any atom is -0.392 e. The van der Waals surface area contributed by atoms with Crippen LogP contribution in [0.25, 0.3) is 10.1 Å². The normalized spacial score (nSPS) is 11.1. The molecule has 1 aromatic carbocycles. The average Bonchev–Trinajstić information content (AvgIpc) is 2.61. The van der Waals surface area contributed by atoms with Crippen molar-refractivity contribution in [2.75, 3.05) is 0 Å². The van der Waals surface area contributed by atoms with Crippen molar-refractivity contribution in [2.45, 2.75) is 24.8 Å². The second kappa shape index (κ2) is 3.93. The zero-order valence-electron chi connectivity index (χ0n) is 7.95. The van der Waals surface area contributed by atoms with Crippen molar-refractivity contribution in [2.24, 2.45) is 0 Å². The van der Waals surface area contributed by atoms with Gasteiger partial charge in [-0.1, -0.05) is 6.92 Å². The van der Waals surface area contributed by atoms with E-state index in [9.17, 15) is 0 Å². The Labute approximate surface area is 92.8 Å². The number of aliphatic hydroxyl groups is 1. The minimum absolute atomic E-state index is 0.0963. The van der Waals surface area contributed by atoms with Gasteiger partial charge in [0.05, 0.1) is 6.61 Å². The third-order valence-electron chi connectivity index (χ3n) is 2.37. The summed E-state index contributed by atoms with van der Waals surface area (Å²) < 4.78 is 1.22. The highest BCUT2D eigenvalue weighted by Gasteiger charge is 2.07. The molecule has 0 unspecified atom stereocenters. The van der Waals surface area contributed by atoms with E-state index in [2.05, 4.69) is 31.7 Å². The van der Waals surface area contributed by atoms with Crippen molar-refractivity contribution in [3.05, 3.63) is 28.6 Å². The molecule has 0 aliphatic rings. The van der Waals surface area contributed by atoms with E-state index in [4.69, 9.17) is 5.11 Å². The van der Waals surface area contributed by atoms with Crippen LogP contribution in [-0.4, -0.2) is 5.11 Å². The number of rotatable bonds is 2. The van der Waals surface area contributed by atoms with Gasteiger partial charge in [-0.15, -0.1) is 24.0 Å². The molecule has 2 rings (SSSR count). The monoisotopic (exact) mass is 224 g/mol. The number of hydrogen-bond donors (Lipinski definition) is 2. The number of benzene rings is 1. The molecule has 0 aliphatic heterocycles. The Bertz CT molecular complexity index is 460. The molecule has 0 bridgehead atoms. The molecule has 0 atom stereocenters. The van der Waals surface area contributed by atoms with Crippen LogP contribution in [0.2, 0.25) is 0 Å². The Morgan fingerprint density at radius 3 is 2.86 bits per heavy atom. The molecule has 0 amide bonds. The van der Waals surface area contributed by atoms with E-state index in [-0.39, 0.29) is 6.61 Å². The predicted octanol–water partition coefficient (Wildman–Crippen LogP) is 3.24. The summed E-state index contributed by atoms with van der Waals surface area (Å²) in [6.45, 7) is 2.23. The maximum absolute atomic E-state index is 9.15. The molecule has 0 saturated heterocycles. The molecule has 1 nitrogen and oxygen atoms in total. The van der Waals surface area contributed by atoms with Crippen LogP contribution in [0.15, 0.2) is 22.4 Å². The van der Waals surface area contributed by atoms with Crippen LogP contribution in [0.5, 0.6) is 0 Å². The highest BCUT2D eigenvalue weighted by atomic mass is 32.1. The van der Waals surface area contributed by atoms with Crippen LogP contribution >= 0.6 is 24.0 Å². The van der Waals surface area contributed by atoms with Crippen LogP contribution in [0.4, 0.5) is 0 Å². The zero-order valence-corrected chi connectivity index (χ0v) is 9.66.